The van der Waals surface area contributed by atoms with E-state index < -0.39 is 35.0 Å². The Balaban J connectivity index is 1.89. The molecule has 0 fully saturated rings. The maximum Gasteiger partial charge on any atom is 0.267 e. The number of carbonyl (C=O) groups is 1. The van der Waals surface area contributed by atoms with Crippen LogP contribution in [-0.4, -0.2) is 15.7 Å². The molecule has 27 heavy (non-hydrogen) atoms. The van der Waals surface area contributed by atoms with Crippen LogP contribution in [0.1, 0.15) is 13.0 Å². The lowest BCUT2D eigenvalue weighted by Crippen LogP contribution is -2.33. The van der Waals surface area contributed by atoms with Crippen LogP contribution < -0.4 is 10.9 Å². The molecule has 0 radical (unpaired) electrons. The van der Waals surface area contributed by atoms with Crippen LogP contribution in [-0.2, 0) is 4.79 Å². The minimum atomic E-state index is -1.10. The topological polar surface area (TPSA) is 64.0 Å². The minimum Gasteiger partial charge on any atom is -0.322 e. The fourth-order valence-electron chi connectivity index (χ4n) is 2.42. The molecular formula is C19H14F3N3O2. The molecule has 0 bridgehead atoms. The second kappa shape index (κ2) is 7.45. The number of nitrogens with one attached hydrogen (secondary N) is 1. The van der Waals surface area contributed by atoms with Crippen molar-refractivity contribution < 1.29 is 18.0 Å². The quantitative estimate of drug-likeness (QED) is 0.761. The molecule has 1 heterocycles. The van der Waals surface area contributed by atoms with Gasteiger partial charge in [0.15, 0.2) is 0 Å². The van der Waals surface area contributed by atoms with E-state index in [1.165, 1.54) is 43.3 Å². The maximum absolute atomic E-state index is 13.7. The number of anilines is 1. The molecule has 3 rings (SSSR count). The normalized spacial score (nSPS) is 11.9. The summed E-state index contributed by atoms with van der Waals surface area (Å²) in [5, 5.41) is 6.37. The monoisotopic (exact) mass is 373 g/mol. The minimum absolute atomic E-state index is 0.338. The Morgan fingerprint density at radius 2 is 1.67 bits per heavy atom. The Morgan fingerprint density at radius 1 is 1.00 bits per heavy atom. The third kappa shape index (κ3) is 4.05. The maximum atomic E-state index is 13.7. The Bertz CT molecular complexity index is 1050. The molecule has 1 N–H and O–H groups in total. The van der Waals surface area contributed by atoms with Gasteiger partial charge in [-0.25, -0.2) is 17.9 Å². The molecule has 1 aromatic heterocycles. The highest BCUT2D eigenvalue weighted by molar-refractivity contribution is 5.93. The fourth-order valence-corrected chi connectivity index (χ4v) is 2.42. The van der Waals surface area contributed by atoms with Gasteiger partial charge in [0.05, 0.1) is 11.4 Å². The Morgan fingerprint density at radius 3 is 2.37 bits per heavy atom. The fraction of sp³-hybridized carbons (Fsp3) is 0.105. The molecule has 1 amide bonds. The van der Waals surface area contributed by atoms with Crippen LogP contribution in [0, 0.1) is 17.5 Å². The highest BCUT2D eigenvalue weighted by Gasteiger charge is 2.19. The number of hydrogen-bond acceptors (Lipinski definition) is 3. The Hall–Kier alpha value is -3.42. The van der Waals surface area contributed by atoms with Crippen molar-refractivity contribution in [3.63, 3.8) is 0 Å². The summed E-state index contributed by atoms with van der Waals surface area (Å²) in [6.45, 7) is 1.40. The first-order valence-electron chi connectivity index (χ1n) is 7.97. The molecule has 1 unspecified atom stereocenters. The lowest BCUT2D eigenvalue weighted by Gasteiger charge is -2.15. The van der Waals surface area contributed by atoms with E-state index >= 15 is 0 Å². The van der Waals surface area contributed by atoms with Crippen LogP contribution in [0.2, 0.25) is 0 Å². The second-order valence-electron chi connectivity index (χ2n) is 5.80. The van der Waals surface area contributed by atoms with Crippen molar-refractivity contribution >= 4 is 11.6 Å². The van der Waals surface area contributed by atoms with Crippen molar-refractivity contribution in [3.8, 4) is 11.3 Å². The lowest BCUT2D eigenvalue weighted by atomic mass is 10.1. The van der Waals surface area contributed by atoms with Gasteiger partial charge in [-0.3, -0.25) is 9.59 Å². The second-order valence-corrected chi connectivity index (χ2v) is 5.80. The lowest BCUT2D eigenvalue weighted by molar-refractivity contribution is -0.119. The predicted octanol–water partition coefficient (Wildman–Crippen LogP) is 3.53. The first kappa shape index (κ1) is 18.4. The van der Waals surface area contributed by atoms with Crippen LogP contribution in [0.15, 0.2) is 59.4 Å². The van der Waals surface area contributed by atoms with Crippen molar-refractivity contribution in [1.29, 1.82) is 0 Å². The van der Waals surface area contributed by atoms with Crippen molar-refractivity contribution in [1.82, 2.24) is 9.78 Å². The van der Waals surface area contributed by atoms with Crippen LogP contribution in [0.25, 0.3) is 11.3 Å². The van der Waals surface area contributed by atoms with Crippen molar-refractivity contribution in [2.75, 3.05) is 5.32 Å². The van der Waals surface area contributed by atoms with E-state index in [0.717, 1.165) is 22.9 Å². The first-order chi connectivity index (χ1) is 12.8. The van der Waals surface area contributed by atoms with Crippen LogP contribution in [0.4, 0.5) is 18.9 Å². The third-order valence-corrected chi connectivity index (χ3v) is 3.90. The van der Waals surface area contributed by atoms with Gasteiger partial charge in [-0.05, 0) is 49.4 Å². The molecule has 3 aromatic rings. The van der Waals surface area contributed by atoms with Crippen molar-refractivity contribution in [3.05, 3.63) is 82.4 Å². The summed E-state index contributed by atoms with van der Waals surface area (Å²) in [4.78, 5) is 24.5. The average Bonchev–Trinajstić information content (AvgIpc) is 2.65. The third-order valence-electron chi connectivity index (χ3n) is 3.90. The summed E-state index contributed by atoms with van der Waals surface area (Å²) in [6.07, 6.45) is 0. The number of halogens is 3. The number of carbonyl (C=O) groups excluding carboxylic acids is 1. The van der Waals surface area contributed by atoms with Crippen molar-refractivity contribution in [2.24, 2.45) is 0 Å². The zero-order valence-corrected chi connectivity index (χ0v) is 14.1. The molecule has 8 heteroatoms. The summed E-state index contributed by atoms with van der Waals surface area (Å²) in [7, 11) is 0. The molecule has 0 saturated heterocycles. The van der Waals surface area contributed by atoms with Crippen LogP contribution >= 0.6 is 0 Å². The molecule has 0 saturated carbocycles. The standard InChI is InChI=1S/C19H14F3N3O2/c1-11(19(27)23-17-10-14(21)6-7-15(17)22)25-18(26)9-8-16(24-25)12-2-4-13(20)5-3-12/h2-11H,1H3,(H,23,27). The average molecular weight is 373 g/mol. The SMILES string of the molecule is CC(C(=O)Nc1cc(F)ccc1F)n1nc(-c2ccc(F)cc2)ccc1=O. The first-order valence-corrected chi connectivity index (χ1v) is 7.97. The number of aromatic nitrogens is 2. The zero-order valence-electron chi connectivity index (χ0n) is 14.1. The largest absolute Gasteiger partial charge is 0.322 e. The van der Waals surface area contributed by atoms with E-state index in [0.29, 0.717) is 11.3 Å². The van der Waals surface area contributed by atoms with E-state index in [1.807, 2.05) is 0 Å². The molecule has 2 aromatic carbocycles. The molecule has 0 aliphatic carbocycles. The van der Waals surface area contributed by atoms with E-state index in [4.69, 9.17) is 0 Å². The van der Waals surface area contributed by atoms with E-state index in [2.05, 4.69) is 10.4 Å². The molecule has 138 valence electrons. The smallest absolute Gasteiger partial charge is 0.267 e. The highest BCUT2D eigenvalue weighted by Crippen LogP contribution is 2.19. The van der Waals surface area contributed by atoms with Gasteiger partial charge in [0, 0.05) is 17.7 Å². The van der Waals surface area contributed by atoms with E-state index in [9.17, 15) is 22.8 Å². The summed E-state index contributed by atoms with van der Waals surface area (Å²) in [6, 6.07) is 9.68. The van der Waals surface area contributed by atoms with Gasteiger partial charge < -0.3 is 5.32 Å². The van der Waals surface area contributed by atoms with Gasteiger partial charge in [0.25, 0.3) is 5.56 Å². The molecule has 0 spiro atoms. The summed E-state index contributed by atoms with van der Waals surface area (Å²) in [5.41, 5.74) is 0.0120. The number of benzene rings is 2. The van der Waals surface area contributed by atoms with Crippen molar-refractivity contribution in [2.45, 2.75) is 13.0 Å². The predicted molar refractivity (Wildman–Crippen MR) is 93.6 cm³/mol. The number of hydrogen-bond donors (Lipinski definition) is 1. The van der Waals surface area contributed by atoms with Gasteiger partial charge >= 0.3 is 0 Å². The summed E-state index contributed by atoms with van der Waals surface area (Å²) in [5.74, 6) is -2.69. The van der Waals surface area contributed by atoms with Gasteiger partial charge in [-0.15, -0.1) is 0 Å². The highest BCUT2D eigenvalue weighted by atomic mass is 19.1. The van der Waals surface area contributed by atoms with E-state index in [-0.39, 0.29) is 5.69 Å². The Kier molecular flexibility index (Phi) is 5.07. The number of rotatable bonds is 4. The summed E-state index contributed by atoms with van der Waals surface area (Å²) >= 11 is 0. The summed E-state index contributed by atoms with van der Waals surface area (Å²) < 4.78 is 40.9. The molecule has 5 nitrogen and oxygen atoms in total. The zero-order chi connectivity index (χ0) is 19.6. The van der Waals surface area contributed by atoms with Gasteiger partial charge in [-0.1, -0.05) is 0 Å². The molecule has 0 aliphatic heterocycles. The van der Waals surface area contributed by atoms with Crippen LogP contribution in [0.3, 0.4) is 0 Å². The molecule has 1 atom stereocenters. The molecular weight excluding hydrogens is 359 g/mol. The van der Waals surface area contributed by atoms with Gasteiger partial charge in [0.1, 0.15) is 23.5 Å². The van der Waals surface area contributed by atoms with E-state index in [1.54, 1.807) is 0 Å². The number of nitrogens with zero attached hydrogens (tertiary/aromatic N) is 2. The van der Waals surface area contributed by atoms with Gasteiger partial charge in [0.2, 0.25) is 5.91 Å². The molecule has 0 aliphatic rings. The number of amides is 1. The Labute approximate surface area is 152 Å². The van der Waals surface area contributed by atoms with Gasteiger partial charge in [-0.2, -0.15) is 5.10 Å². The van der Waals surface area contributed by atoms with Crippen LogP contribution in [0.5, 0.6) is 0 Å².